The van der Waals surface area contributed by atoms with Crippen molar-refractivity contribution in [3.05, 3.63) is 15.0 Å². The predicted octanol–water partition coefficient (Wildman–Crippen LogP) is 1.96. The van der Waals surface area contributed by atoms with Gasteiger partial charge >= 0.3 is 0 Å². The predicted molar refractivity (Wildman–Crippen MR) is 40.4 cm³/mol. The van der Waals surface area contributed by atoms with Crippen molar-refractivity contribution in [3.63, 3.8) is 0 Å². The van der Waals surface area contributed by atoms with E-state index in [2.05, 4.69) is 20.9 Å². The topological polar surface area (TPSA) is 33.1 Å². The first-order valence-corrected chi connectivity index (χ1v) is 4.16. The van der Waals surface area contributed by atoms with Crippen molar-refractivity contribution in [2.45, 2.75) is 13.0 Å². The fraction of sp³-hybridized carbons (Fsp3) is 0.400. The number of hydrogen-bond acceptors (Lipinski definition) is 3. The zero-order valence-corrected chi connectivity index (χ0v) is 7.24. The summed E-state index contributed by atoms with van der Waals surface area (Å²) in [5.41, 5.74) is 0.729. The van der Waals surface area contributed by atoms with E-state index >= 15 is 0 Å². The molecule has 0 radical (unpaired) electrons. The van der Waals surface area contributed by atoms with E-state index in [0.29, 0.717) is 0 Å². The van der Waals surface area contributed by atoms with Crippen LogP contribution in [-0.4, -0.2) is 10.1 Å². The van der Waals surface area contributed by atoms with Crippen LogP contribution in [0, 0.1) is 0 Å². The van der Waals surface area contributed by atoms with Crippen molar-refractivity contribution in [3.8, 4) is 0 Å². The summed E-state index contributed by atoms with van der Waals surface area (Å²) in [5, 5.41) is 10.8. The van der Waals surface area contributed by atoms with Gasteiger partial charge in [-0.25, -0.2) is 4.98 Å². The lowest BCUT2D eigenvalue weighted by atomic mass is 10.3. The van der Waals surface area contributed by atoms with Crippen LogP contribution in [0.5, 0.6) is 0 Å². The van der Waals surface area contributed by atoms with Crippen LogP contribution in [0.25, 0.3) is 0 Å². The van der Waals surface area contributed by atoms with Crippen molar-refractivity contribution in [2.75, 3.05) is 0 Å². The second-order valence-corrected chi connectivity index (χ2v) is 3.84. The molecule has 0 bridgehead atoms. The summed E-state index contributed by atoms with van der Waals surface area (Å²) in [5.74, 6) is 0. The maximum atomic E-state index is 8.96. The van der Waals surface area contributed by atoms with Crippen molar-refractivity contribution in [1.82, 2.24) is 4.98 Å². The molecule has 1 rings (SSSR count). The van der Waals surface area contributed by atoms with Gasteiger partial charge in [-0.2, -0.15) is 0 Å². The number of rotatable bonds is 1. The minimum Gasteiger partial charge on any atom is -0.387 e. The molecule has 0 amide bonds. The third-order valence-corrected chi connectivity index (χ3v) is 2.31. The van der Waals surface area contributed by atoms with Crippen LogP contribution in [-0.2, 0) is 0 Å². The third kappa shape index (κ3) is 1.74. The molecule has 1 unspecified atom stereocenters. The number of aliphatic hydroxyl groups excluding tert-OH is 1. The molecular formula is C5H6BrNOS. The first-order valence-electron chi connectivity index (χ1n) is 2.49. The van der Waals surface area contributed by atoms with E-state index in [1.54, 1.807) is 6.92 Å². The van der Waals surface area contributed by atoms with Gasteiger partial charge in [-0.05, 0) is 22.9 Å². The molecule has 1 N–H and O–H groups in total. The second-order valence-electron chi connectivity index (χ2n) is 1.70. The maximum Gasteiger partial charge on any atom is 0.159 e. The van der Waals surface area contributed by atoms with E-state index in [1.807, 2.05) is 5.38 Å². The smallest absolute Gasteiger partial charge is 0.159 e. The average Bonchev–Trinajstić information content (AvgIpc) is 2.14. The Hall–Kier alpha value is 0.0700. The zero-order chi connectivity index (χ0) is 6.85. The first kappa shape index (κ1) is 7.18. The Kier molecular flexibility index (Phi) is 2.21. The number of aliphatic hydroxyl groups is 1. The standard InChI is InChI=1S/C5H6BrNOS/c1-3(8)4-2-9-5(6)7-4/h2-3,8H,1H3. The van der Waals surface area contributed by atoms with E-state index in [-0.39, 0.29) is 0 Å². The molecule has 0 aliphatic carbocycles. The molecule has 0 aliphatic rings. The van der Waals surface area contributed by atoms with Crippen molar-refractivity contribution >= 4 is 27.3 Å². The van der Waals surface area contributed by atoms with Gasteiger partial charge in [0.2, 0.25) is 0 Å². The monoisotopic (exact) mass is 207 g/mol. The quantitative estimate of drug-likeness (QED) is 0.765. The van der Waals surface area contributed by atoms with Crippen LogP contribution in [0.3, 0.4) is 0 Å². The first-order chi connectivity index (χ1) is 4.20. The molecule has 4 heteroatoms. The lowest BCUT2D eigenvalue weighted by molar-refractivity contribution is 0.195. The van der Waals surface area contributed by atoms with E-state index in [1.165, 1.54) is 11.3 Å². The summed E-state index contributed by atoms with van der Waals surface area (Å²) in [6.07, 6.45) is -0.451. The Balaban J connectivity index is 2.85. The normalized spacial score (nSPS) is 13.7. The number of aromatic nitrogens is 1. The van der Waals surface area contributed by atoms with Gasteiger partial charge in [0, 0.05) is 5.38 Å². The summed E-state index contributed by atoms with van der Waals surface area (Å²) in [7, 11) is 0. The van der Waals surface area contributed by atoms with E-state index in [9.17, 15) is 0 Å². The van der Waals surface area contributed by atoms with Gasteiger partial charge < -0.3 is 5.11 Å². The molecule has 1 aromatic rings. The van der Waals surface area contributed by atoms with Crippen LogP contribution in [0.4, 0.5) is 0 Å². The van der Waals surface area contributed by atoms with Gasteiger partial charge in [-0.15, -0.1) is 11.3 Å². The zero-order valence-electron chi connectivity index (χ0n) is 4.84. The van der Waals surface area contributed by atoms with Gasteiger partial charge in [0.15, 0.2) is 3.92 Å². The van der Waals surface area contributed by atoms with Crippen molar-refractivity contribution < 1.29 is 5.11 Å². The van der Waals surface area contributed by atoms with E-state index in [4.69, 9.17) is 5.11 Å². The molecule has 50 valence electrons. The Morgan fingerprint density at radius 2 is 2.56 bits per heavy atom. The average molecular weight is 208 g/mol. The minimum atomic E-state index is -0.451. The molecule has 1 aromatic heterocycles. The highest BCUT2D eigenvalue weighted by atomic mass is 79.9. The lowest BCUT2D eigenvalue weighted by Crippen LogP contribution is -1.89. The summed E-state index contributed by atoms with van der Waals surface area (Å²) < 4.78 is 0.818. The summed E-state index contributed by atoms with van der Waals surface area (Å²) >= 11 is 4.68. The van der Waals surface area contributed by atoms with E-state index < -0.39 is 6.10 Å². The molecule has 0 saturated heterocycles. The van der Waals surface area contributed by atoms with Crippen LogP contribution in [0.2, 0.25) is 0 Å². The van der Waals surface area contributed by atoms with Crippen LogP contribution >= 0.6 is 27.3 Å². The lowest BCUT2D eigenvalue weighted by Gasteiger charge is -1.94. The van der Waals surface area contributed by atoms with Gasteiger partial charge in [0.05, 0.1) is 11.8 Å². The molecule has 0 saturated carbocycles. The largest absolute Gasteiger partial charge is 0.387 e. The van der Waals surface area contributed by atoms with Crippen LogP contribution in [0.15, 0.2) is 9.30 Å². The molecular weight excluding hydrogens is 202 g/mol. The Morgan fingerprint density at radius 1 is 1.89 bits per heavy atom. The van der Waals surface area contributed by atoms with Gasteiger partial charge in [0.25, 0.3) is 0 Å². The van der Waals surface area contributed by atoms with Gasteiger partial charge in [0.1, 0.15) is 0 Å². The molecule has 0 spiro atoms. The molecule has 1 heterocycles. The van der Waals surface area contributed by atoms with Crippen molar-refractivity contribution in [2.24, 2.45) is 0 Å². The molecule has 9 heavy (non-hydrogen) atoms. The van der Waals surface area contributed by atoms with Gasteiger partial charge in [-0.1, -0.05) is 0 Å². The fourth-order valence-electron chi connectivity index (χ4n) is 0.455. The Labute approximate surface area is 65.7 Å². The number of nitrogens with zero attached hydrogens (tertiary/aromatic N) is 1. The molecule has 1 atom stereocenters. The highest BCUT2D eigenvalue weighted by Crippen LogP contribution is 2.19. The van der Waals surface area contributed by atoms with Crippen molar-refractivity contribution in [1.29, 1.82) is 0 Å². The highest BCUT2D eigenvalue weighted by molar-refractivity contribution is 9.11. The second kappa shape index (κ2) is 2.77. The third-order valence-electron chi connectivity index (χ3n) is 0.922. The highest BCUT2D eigenvalue weighted by Gasteiger charge is 2.03. The number of hydrogen-bond donors (Lipinski definition) is 1. The Bertz CT molecular complexity index is 199. The molecule has 0 aromatic carbocycles. The minimum absolute atomic E-state index is 0.451. The summed E-state index contributed by atoms with van der Waals surface area (Å²) in [6, 6.07) is 0. The molecule has 0 aliphatic heterocycles. The molecule has 2 nitrogen and oxygen atoms in total. The number of halogens is 1. The van der Waals surface area contributed by atoms with Crippen LogP contribution in [0.1, 0.15) is 18.7 Å². The summed E-state index contributed by atoms with van der Waals surface area (Å²) in [4.78, 5) is 4.00. The van der Waals surface area contributed by atoms with Crippen LogP contribution < -0.4 is 0 Å². The SMILES string of the molecule is CC(O)c1csc(Br)n1. The van der Waals surface area contributed by atoms with Gasteiger partial charge in [-0.3, -0.25) is 0 Å². The molecule has 0 fully saturated rings. The number of thiazole rings is 1. The van der Waals surface area contributed by atoms with E-state index in [0.717, 1.165) is 9.61 Å². The fourth-order valence-corrected chi connectivity index (χ4v) is 1.57. The summed E-state index contributed by atoms with van der Waals surface area (Å²) in [6.45, 7) is 1.70. The Morgan fingerprint density at radius 3 is 2.78 bits per heavy atom. The maximum absolute atomic E-state index is 8.96.